The molecule has 1 aromatic heterocycles. The van der Waals surface area contributed by atoms with Gasteiger partial charge in [-0.05, 0) is 12.8 Å². The molecule has 5 heteroatoms. The van der Waals surface area contributed by atoms with Gasteiger partial charge in [-0.25, -0.2) is 4.98 Å². The lowest BCUT2D eigenvalue weighted by molar-refractivity contribution is 0.700. The molecule has 4 nitrogen and oxygen atoms in total. The highest BCUT2D eigenvalue weighted by Crippen LogP contribution is 2.13. The topological polar surface area (TPSA) is 49.3 Å². The first kappa shape index (κ1) is 11.4. The van der Waals surface area contributed by atoms with Gasteiger partial charge in [0.2, 0.25) is 0 Å². The molecule has 0 bridgehead atoms. The smallest absolute Gasteiger partial charge is 0.191 e. The first-order valence-corrected chi connectivity index (χ1v) is 6.66. The van der Waals surface area contributed by atoms with Crippen LogP contribution in [0, 0.1) is 0 Å². The van der Waals surface area contributed by atoms with Crippen LogP contribution < -0.4 is 10.6 Å². The quantitative estimate of drug-likeness (QED) is 0.828. The van der Waals surface area contributed by atoms with Gasteiger partial charge in [0.05, 0.1) is 5.01 Å². The standard InChI is InChI=1S/C11H18N4S/c1-2-9-8-15-10(16-9)4-7-14-11-12-5-3-6-13-11/h8H,2-7H2,1H3,(H2,12,13,14). The zero-order chi connectivity index (χ0) is 11.2. The summed E-state index contributed by atoms with van der Waals surface area (Å²) >= 11 is 1.81. The van der Waals surface area contributed by atoms with Gasteiger partial charge in [0, 0.05) is 37.1 Å². The van der Waals surface area contributed by atoms with Crippen molar-refractivity contribution in [3.8, 4) is 0 Å². The third kappa shape index (κ3) is 3.20. The Labute approximate surface area is 100 Å². The summed E-state index contributed by atoms with van der Waals surface area (Å²) in [5, 5.41) is 7.76. The van der Waals surface area contributed by atoms with E-state index in [-0.39, 0.29) is 0 Å². The van der Waals surface area contributed by atoms with Crippen LogP contribution in [0.2, 0.25) is 0 Å². The zero-order valence-corrected chi connectivity index (χ0v) is 10.4. The molecule has 0 fully saturated rings. The van der Waals surface area contributed by atoms with Crippen LogP contribution in [0.5, 0.6) is 0 Å². The van der Waals surface area contributed by atoms with E-state index >= 15 is 0 Å². The second-order valence-electron chi connectivity index (χ2n) is 3.76. The van der Waals surface area contributed by atoms with Crippen molar-refractivity contribution in [3.05, 3.63) is 16.1 Å². The molecule has 0 saturated heterocycles. The molecule has 0 aliphatic carbocycles. The summed E-state index contributed by atoms with van der Waals surface area (Å²) in [5.41, 5.74) is 0. The van der Waals surface area contributed by atoms with Gasteiger partial charge >= 0.3 is 0 Å². The van der Waals surface area contributed by atoms with Gasteiger partial charge in [-0.15, -0.1) is 11.3 Å². The van der Waals surface area contributed by atoms with E-state index < -0.39 is 0 Å². The third-order valence-corrected chi connectivity index (χ3v) is 3.68. The molecule has 88 valence electrons. The van der Waals surface area contributed by atoms with Crippen molar-refractivity contribution in [1.29, 1.82) is 0 Å². The summed E-state index contributed by atoms with van der Waals surface area (Å²) in [7, 11) is 0. The lowest BCUT2D eigenvalue weighted by Crippen LogP contribution is -2.41. The summed E-state index contributed by atoms with van der Waals surface area (Å²) in [6.45, 7) is 5.04. The monoisotopic (exact) mass is 238 g/mol. The van der Waals surface area contributed by atoms with E-state index in [1.807, 2.05) is 17.5 Å². The molecular formula is C11H18N4S. The fraction of sp³-hybridized carbons (Fsp3) is 0.636. The number of guanidine groups is 1. The Morgan fingerprint density at radius 1 is 1.56 bits per heavy atom. The molecule has 0 unspecified atom stereocenters. The molecule has 0 amide bonds. The number of nitrogens with one attached hydrogen (secondary N) is 2. The lowest BCUT2D eigenvalue weighted by Gasteiger charge is -2.15. The van der Waals surface area contributed by atoms with Gasteiger partial charge in [-0.3, -0.25) is 4.99 Å². The second kappa shape index (κ2) is 5.84. The van der Waals surface area contributed by atoms with Crippen molar-refractivity contribution in [2.75, 3.05) is 19.6 Å². The van der Waals surface area contributed by atoms with E-state index in [0.29, 0.717) is 0 Å². The molecule has 1 aliphatic rings. The molecular weight excluding hydrogens is 220 g/mol. The number of hydrogen-bond acceptors (Lipinski definition) is 5. The van der Waals surface area contributed by atoms with Gasteiger partial charge in [-0.2, -0.15) is 0 Å². The lowest BCUT2D eigenvalue weighted by atomic mass is 10.4. The van der Waals surface area contributed by atoms with Crippen molar-refractivity contribution in [3.63, 3.8) is 0 Å². The number of thiazole rings is 1. The van der Waals surface area contributed by atoms with Crippen LogP contribution in [-0.4, -0.2) is 30.6 Å². The molecule has 16 heavy (non-hydrogen) atoms. The molecule has 0 radical (unpaired) electrons. The van der Waals surface area contributed by atoms with Gasteiger partial charge in [0.25, 0.3) is 0 Å². The van der Waals surface area contributed by atoms with Crippen LogP contribution >= 0.6 is 11.3 Å². The number of aliphatic imine (C=N–C) groups is 1. The molecule has 0 saturated carbocycles. The molecule has 1 aromatic rings. The number of nitrogens with zero attached hydrogens (tertiary/aromatic N) is 2. The van der Waals surface area contributed by atoms with Crippen molar-refractivity contribution in [1.82, 2.24) is 15.6 Å². The van der Waals surface area contributed by atoms with Crippen LogP contribution in [0.3, 0.4) is 0 Å². The molecule has 1 aliphatic heterocycles. The molecule has 2 rings (SSSR count). The first-order valence-electron chi connectivity index (χ1n) is 5.84. The maximum absolute atomic E-state index is 4.39. The summed E-state index contributed by atoms with van der Waals surface area (Å²) in [6.07, 6.45) is 5.18. The Morgan fingerprint density at radius 3 is 3.19 bits per heavy atom. The minimum atomic E-state index is 0.905. The van der Waals surface area contributed by atoms with E-state index in [9.17, 15) is 0 Å². The normalized spacial score (nSPS) is 15.4. The first-order chi connectivity index (χ1) is 7.88. The van der Waals surface area contributed by atoms with Crippen LogP contribution in [0.1, 0.15) is 23.2 Å². The molecule has 0 aromatic carbocycles. The van der Waals surface area contributed by atoms with Gasteiger partial charge < -0.3 is 10.6 Å². The second-order valence-corrected chi connectivity index (χ2v) is 4.96. The molecule has 0 atom stereocenters. The van der Waals surface area contributed by atoms with E-state index in [4.69, 9.17) is 0 Å². The highest BCUT2D eigenvalue weighted by Gasteiger charge is 2.04. The van der Waals surface area contributed by atoms with E-state index in [1.54, 1.807) is 0 Å². The number of hydrogen-bond donors (Lipinski definition) is 2. The predicted molar refractivity (Wildman–Crippen MR) is 68.1 cm³/mol. The van der Waals surface area contributed by atoms with Gasteiger partial charge in [0.1, 0.15) is 0 Å². The Kier molecular flexibility index (Phi) is 4.16. The summed E-state index contributed by atoms with van der Waals surface area (Å²) < 4.78 is 0. The van der Waals surface area contributed by atoms with Crippen LogP contribution in [0.15, 0.2) is 11.2 Å². The Bertz CT molecular complexity index is 359. The van der Waals surface area contributed by atoms with Crippen LogP contribution in [0.4, 0.5) is 0 Å². The van der Waals surface area contributed by atoms with Crippen molar-refractivity contribution in [2.24, 2.45) is 4.99 Å². The SMILES string of the molecule is CCc1cnc(CCNC2=NCCCN2)s1. The molecule has 2 heterocycles. The summed E-state index contributed by atoms with van der Waals surface area (Å²) in [6, 6.07) is 0. The Hall–Kier alpha value is -1.10. The Morgan fingerprint density at radius 2 is 2.50 bits per heavy atom. The largest absolute Gasteiger partial charge is 0.356 e. The minimum absolute atomic E-state index is 0.905. The molecule has 2 N–H and O–H groups in total. The van der Waals surface area contributed by atoms with Crippen molar-refractivity contribution >= 4 is 17.3 Å². The van der Waals surface area contributed by atoms with Gasteiger partial charge in [-0.1, -0.05) is 6.92 Å². The van der Waals surface area contributed by atoms with Crippen LogP contribution in [-0.2, 0) is 12.8 Å². The van der Waals surface area contributed by atoms with Crippen molar-refractivity contribution in [2.45, 2.75) is 26.2 Å². The van der Waals surface area contributed by atoms with E-state index in [2.05, 4.69) is 27.5 Å². The highest BCUT2D eigenvalue weighted by molar-refractivity contribution is 7.11. The van der Waals surface area contributed by atoms with E-state index in [1.165, 1.54) is 9.88 Å². The molecule has 0 spiro atoms. The highest BCUT2D eigenvalue weighted by atomic mass is 32.1. The maximum Gasteiger partial charge on any atom is 0.191 e. The number of aryl methyl sites for hydroxylation is 1. The average molecular weight is 238 g/mol. The summed E-state index contributed by atoms with van der Waals surface area (Å²) in [5.74, 6) is 0.943. The Balaban J connectivity index is 1.73. The van der Waals surface area contributed by atoms with Crippen LogP contribution in [0.25, 0.3) is 0 Å². The fourth-order valence-corrected chi connectivity index (χ4v) is 2.43. The number of rotatable bonds is 4. The maximum atomic E-state index is 4.39. The predicted octanol–water partition coefficient (Wildman–Crippen LogP) is 1.19. The average Bonchev–Trinajstić information content (AvgIpc) is 2.78. The zero-order valence-electron chi connectivity index (χ0n) is 9.62. The third-order valence-electron chi connectivity index (χ3n) is 2.48. The van der Waals surface area contributed by atoms with Crippen molar-refractivity contribution < 1.29 is 0 Å². The van der Waals surface area contributed by atoms with Gasteiger partial charge in [0.15, 0.2) is 5.96 Å². The summed E-state index contributed by atoms with van der Waals surface area (Å²) in [4.78, 5) is 10.1. The fourth-order valence-electron chi connectivity index (χ4n) is 1.57. The minimum Gasteiger partial charge on any atom is -0.356 e. The number of aromatic nitrogens is 1. The van der Waals surface area contributed by atoms with E-state index in [0.717, 1.165) is 44.9 Å².